The quantitative estimate of drug-likeness (QED) is 0.684. The van der Waals surface area contributed by atoms with E-state index in [0.717, 1.165) is 6.42 Å². The molecule has 3 heteroatoms. The van der Waals surface area contributed by atoms with Crippen LogP contribution in [0.5, 0.6) is 0 Å². The van der Waals surface area contributed by atoms with Gasteiger partial charge >= 0.3 is 0 Å². The molecular formula is C11H13ClF2. The number of alkyl halides is 2. The monoisotopic (exact) mass is 218 g/mol. The molecule has 1 atom stereocenters. The molecule has 1 unspecified atom stereocenters. The fraction of sp³-hybridized carbons (Fsp3) is 0.455. The molecule has 1 aromatic carbocycles. The van der Waals surface area contributed by atoms with Gasteiger partial charge in [0, 0.05) is 10.6 Å². The molecule has 14 heavy (non-hydrogen) atoms. The van der Waals surface area contributed by atoms with E-state index in [1.165, 1.54) is 6.07 Å². The summed E-state index contributed by atoms with van der Waals surface area (Å²) in [6.45, 7) is 3.92. The van der Waals surface area contributed by atoms with Gasteiger partial charge in [-0.3, -0.25) is 0 Å². The Balaban J connectivity index is 3.14. The zero-order valence-electron chi connectivity index (χ0n) is 8.23. The van der Waals surface area contributed by atoms with Crippen LogP contribution in [0.3, 0.4) is 0 Å². The fourth-order valence-corrected chi connectivity index (χ4v) is 1.58. The third-order valence-electron chi connectivity index (χ3n) is 2.43. The summed E-state index contributed by atoms with van der Waals surface area (Å²) >= 11 is 5.68. The maximum absolute atomic E-state index is 12.6. The van der Waals surface area contributed by atoms with Crippen LogP contribution in [0.2, 0.25) is 5.02 Å². The van der Waals surface area contributed by atoms with Gasteiger partial charge in [-0.1, -0.05) is 31.5 Å². The Kier molecular flexibility index (Phi) is 3.87. The van der Waals surface area contributed by atoms with E-state index in [-0.39, 0.29) is 11.5 Å². The molecule has 0 heterocycles. The van der Waals surface area contributed by atoms with E-state index >= 15 is 0 Å². The van der Waals surface area contributed by atoms with Gasteiger partial charge in [0.2, 0.25) is 0 Å². The summed E-state index contributed by atoms with van der Waals surface area (Å²) in [6.07, 6.45) is -1.60. The van der Waals surface area contributed by atoms with Crippen molar-refractivity contribution < 1.29 is 8.78 Å². The molecule has 1 aromatic rings. The molecule has 0 fully saturated rings. The van der Waals surface area contributed by atoms with E-state index in [1.54, 1.807) is 12.1 Å². The second kappa shape index (κ2) is 4.74. The maximum atomic E-state index is 12.6. The van der Waals surface area contributed by atoms with Crippen LogP contribution in [-0.4, -0.2) is 0 Å². The standard InChI is InChI=1S/C11H13ClF2/c1-3-7(2)9-5-4-8(12)6-10(9)11(13)14/h4-7,11H,3H2,1-2H3. The highest BCUT2D eigenvalue weighted by molar-refractivity contribution is 6.30. The Hall–Kier alpha value is -0.630. The summed E-state index contributed by atoms with van der Waals surface area (Å²) in [5.41, 5.74) is 0.763. The van der Waals surface area contributed by atoms with Crippen LogP contribution in [0.4, 0.5) is 8.78 Å². The van der Waals surface area contributed by atoms with Crippen molar-refractivity contribution in [2.24, 2.45) is 0 Å². The van der Waals surface area contributed by atoms with E-state index in [0.29, 0.717) is 10.6 Å². The highest BCUT2D eigenvalue weighted by Gasteiger charge is 2.16. The van der Waals surface area contributed by atoms with Crippen LogP contribution in [0.15, 0.2) is 18.2 Å². The van der Waals surface area contributed by atoms with E-state index in [9.17, 15) is 8.78 Å². The summed E-state index contributed by atoms with van der Waals surface area (Å²) in [7, 11) is 0. The lowest BCUT2D eigenvalue weighted by atomic mass is 9.94. The molecule has 0 aliphatic heterocycles. The molecule has 0 nitrogen and oxygen atoms in total. The van der Waals surface area contributed by atoms with E-state index < -0.39 is 6.43 Å². The Morgan fingerprint density at radius 1 is 1.29 bits per heavy atom. The predicted molar refractivity (Wildman–Crippen MR) is 55.1 cm³/mol. The molecule has 0 radical (unpaired) electrons. The van der Waals surface area contributed by atoms with Gasteiger partial charge in [-0.25, -0.2) is 8.78 Å². The molecule has 0 N–H and O–H groups in total. The Bertz CT molecular complexity index is 310. The normalized spacial score (nSPS) is 13.3. The lowest BCUT2D eigenvalue weighted by Crippen LogP contribution is -1.98. The van der Waals surface area contributed by atoms with Gasteiger partial charge in [-0.05, 0) is 30.0 Å². The molecule has 78 valence electrons. The lowest BCUT2D eigenvalue weighted by molar-refractivity contribution is 0.149. The van der Waals surface area contributed by atoms with Crippen LogP contribution in [0, 0.1) is 0 Å². The Morgan fingerprint density at radius 2 is 1.93 bits per heavy atom. The van der Waals surface area contributed by atoms with Crippen molar-refractivity contribution in [3.8, 4) is 0 Å². The second-order valence-electron chi connectivity index (χ2n) is 3.38. The Morgan fingerprint density at radius 3 is 2.43 bits per heavy atom. The van der Waals surface area contributed by atoms with Gasteiger partial charge in [0.25, 0.3) is 6.43 Å². The number of halogens is 3. The van der Waals surface area contributed by atoms with E-state index in [2.05, 4.69) is 0 Å². The summed E-state index contributed by atoms with van der Waals surface area (Å²) in [5.74, 6) is 0.149. The van der Waals surface area contributed by atoms with Crippen LogP contribution in [0.25, 0.3) is 0 Å². The van der Waals surface area contributed by atoms with Crippen LogP contribution in [0.1, 0.15) is 43.7 Å². The van der Waals surface area contributed by atoms with E-state index in [4.69, 9.17) is 11.6 Å². The minimum absolute atomic E-state index is 0.0619. The predicted octanol–water partition coefficient (Wildman–Crippen LogP) is 4.79. The van der Waals surface area contributed by atoms with Crippen molar-refractivity contribution in [2.45, 2.75) is 32.6 Å². The minimum atomic E-state index is -2.45. The summed E-state index contributed by atoms with van der Waals surface area (Å²) < 4.78 is 25.3. The first-order valence-corrected chi connectivity index (χ1v) is 5.01. The van der Waals surface area contributed by atoms with Crippen LogP contribution >= 0.6 is 11.6 Å². The zero-order valence-corrected chi connectivity index (χ0v) is 8.98. The van der Waals surface area contributed by atoms with Crippen LogP contribution in [-0.2, 0) is 0 Å². The van der Waals surface area contributed by atoms with Gasteiger partial charge in [-0.15, -0.1) is 0 Å². The third kappa shape index (κ3) is 2.44. The third-order valence-corrected chi connectivity index (χ3v) is 2.66. The second-order valence-corrected chi connectivity index (χ2v) is 3.82. The molecule has 0 saturated carbocycles. The SMILES string of the molecule is CCC(C)c1ccc(Cl)cc1C(F)F. The van der Waals surface area contributed by atoms with Crippen molar-refractivity contribution in [3.05, 3.63) is 34.3 Å². The molecule has 1 rings (SSSR count). The van der Waals surface area contributed by atoms with Crippen molar-refractivity contribution in [1.82, 2.24) is 0 Å². The maximum Gasteiger partial charge on any atom is 0.264 e. The van der Waals surface area contributed by atoms with E-state index in [1.807, 2.05) is 13.8 Å². The van der Waals surface area contributed by atoms with Crippen molar-refractivity contribution in [2.75, 3.05) is 0 Å². The van der Waals surface area contributed by atoms with Gasteiger partial charge in [-0.2, -0.15) is 0 Å². The van der Waals surface area contributed by atoms with Gasteiger partial charge in [0.05, 0.1) is 0 Å². The van der Waals surface area contributed by atoms with Gasteiger partial charge < -0.3 is 0 Å². The molecule has 0 aromatic heterocycles. The average Bonchev–Trinajstić information content (AvgIpc) is 2.16. The minimum Gasteiger partial charge on any atom is -0.205 e. The summed E-state index contributed by atoms with van der Waals surface area (Å²) in [5, 5.41) is 0.368. The molecule has 0 spiro atoms. The van der Waals surface area contributed by atoms with Gasteiger partial charge in [0.1, 0.15) is 0 Å². The van der Waals surface area contributed by atoms with Crippen molar-refractivity contribution in [3.63, 3.8) is 0 Å². The molecular weight excluding hydrogens is 206 g/mol. The fourth-order valence-electron chi connectivity index (χ4n) is 1.40. The first-order chi connectivity index (χ1) is 6.56. The topological polar surface area (TPSA) is 0 Å². The molecule has 0 amide bonds. The molecule has 0 saturated heterocycles. The first-order valence-electron chi connectivity index (χ1n) is 4.63. The smallest absolute Gasteiger partial charge is 0.205 e. The average molecular weight is 219 g/mol. The first kappa shape index (κ1) is 11.4. The number of hydrogen-bond donors (Lipinski definition) is 0. The highest BCUT2D eigenvalue weighted by Crippen LogP contribution is 2.31. The van der Waals surface area contributed by atoms with Crippen molar-refractivity contribution >= 4 is 11.6 Å². The number of hydrogen-bond acceptors (Lipinski definition) is 0. The summed E-state index contributed by atoms with van der Waals surface area (Å²) in [4.78, 5) is 0. The molecule has 0 aliphatic rings. The molecule has 0 aliphatic carbocycles. The van der Waals surface area contributed by atoms with Crippen LogP contribution < -0.4 is 0 Å². The zero-order chi connectivity index (χ0) is 10.7. The largest absolute Gasteiger partial charge is 0.264 e. The number of benzene rings is 1. The van der Waals surface area contributed by atoms with Gasteiger partial charge in [0.15, 0.2) is 0 Å². The lowest BCUT2D eigenvalue weighted by Gasteiger charge is -2.14. The highest BCUT2D eigenvalue weighted by atomic mass is 35.5. The van der Waals surface area contributed by atoms with Crippen molar-refractivity contribution in [1.29, 1.82) is 0 Å². The summed E-state index contributed by atoms with van der Waals surface area (Å²) in [6, 6.07) is 4.71. The Labute approximate surface area is 87.9 Å². The number of rotatable bonds is 3. The molecule has 0 bridgehead atoms.